The quantitative estimate of drug-likeness (QED) is 0.841. The Hall–Kier alpha value is -2.02. The topological polar surface area (TPSA) is 46.5 Å². The molecule has 21 heavy (non-hydrogen) atoms. The van der Waals surface area contributed by atoms with Crippen LogP contribution < -0.4 is 4.74 Å². The maximum absolute atomic E-state index is 12.5. The van der Waals surface area contributed by atoms with Gasteiger partial charge in [0, 0.05) is 0 Å². The van der Waals surface area contributed by atoms with Crippen LogP contribution in [0.4, 0.5) is 13.2 Å². The van der Waals surface area contributed by atoms with Gasteiger partial charge in [-0.25, -0.2) is 4.79 Å². The number of alkyl halides is 3. The molecule has 0 fully saturated rings. The van der Waals surface area contributed by atoms with Crippen molar-refractivity contribution < 1.29 is 27.8 Å². The molecule has 1 N–H and O–H groups in total. The van der Waals surface area contributed by atoms with Crippen molar-refractivity contribution in [2.24, 2.45) is 0 Å². The van der Waals surface area contributed by atoms with Crippen molar-refractivity contribution in [2.45, 2.75) is 6.18 Å². The zero-order valence-electron chi connectivity index (χ0n) is 10.3. The molecule has 0 aliphatic rings. The van der Waals surface area contributed by atoms with Gasteiger partial charge in [0.1, 0.15) is 11.5 Å². The number of hydrogen-bond acceptors (Lipinski definition) is 2. The average Bonchev–Trinajstić information content (AvgIpc) is 2.40. The largest absolute Gasteiger partial charge is 0.478 e. The van der Waals surface area contributed by atoms with Crippen molar-refractivity contribution in [1.82, 2.24) is 0 Å². The zero-order chi connectivity index (χ0) is 15.6. The molecular formula is C14H8BrF3O3. The molecule has 0 saturated heterocycles. The van der Waals surface area contributed by atoms with Gasteiger partial charge in [0.25, 0.3) is 0 Å². The lowest BCUT2D eigenvalue weighted by molar-refractivity contribution is -0.137. The van der Waals surface area contributed by atoms with Gasteiger partial charge >= 0.3 is 12.1 Å². The highest BCUT2D eigenvalue weighted by Gasteiger charge is 2.31. The van der Waals surface area contributed by atoms with Crippen molar-refractivity contribution >= 4 is 21.9 Å². The summed E-state index contributed by atoms with van der Waals surface area (Å²) in [6.07, 6.45) is -4.43. The van der Waals surface area contributed by atoms with E-state index in [1.54, 1.807) is 0 Å². The molecule has 0 atom stereocenters. The Morgan fingerprint density at radius 1 is 1.10 bits per heavy atom. The molecule has 0 radical (unpaired) electrons. The Labute approximate surface area is 126 Å². The lowest BCUT2D eigenvalue weighted by atomic mass is 10.2. The number of carboxylic acids is 1. The summed E-state index contributed by atoms with van der Waals surface area (Å²) >= 11 is 3.02. The predicted molar refractivity (Wildman–Crippen MR) is 72.6 cm³/mol. The number of halogens is 4. The fraction of sp³-hybridized carbons (Fsp3) is 0.0714. The fourth-order valence-electron chi connectivity index (χ4n) is 1.55. The summed E-state index contributed by atoms with van der Waals surface area (Å²) in [7, 11) is 0. The van der Waals surface area contributed by atoms with E-state index in [1.165, 1.54) is 30.3 Å². The predicted octanol–water partition coefficient (Wildman–Crippen LogP) is 4.96. The van der Waals surface area contributed by atoms with Gasteiger partial charge in [-0.2, -0.15) is 13.2 Å². The molecule has 0 saturated carbocycles. The number of aromatic carboxylic acids is 1. The summed E-state index contributed by atoms with van der Waals surface area (Å²) in [5.41, 5.74) is -0.697. The standard InChI is InChI=1S/C14H8BrF3O3/c15-11-7-9(14(16,17)18)3-6-12(11)21-10-4-1-8(2-5-10)13(19)20/h1-7H,(H,19,20). The summed E-state index contributed by atoms with van der Waals surface area (Å²) in [4.78, 5) is 10.7. The number of carboxylic acid groups (broad SMARTS) is 1. The van der Waals surface area contributed by atoms with Gasteiger partial charge in [-0.15, -0.1) is 0 Å². The van der Waals surface area contributed by atoms with E-state index in [0.29, 0.717) is 5.75 Å². The molecule has 0 amide bonds. The summed E-state index contributed by atoms with van der Waals surface area (Å²) in [6.45, 7) is 0. The summed E-state index contributed by atoms with van der Waals surface area (Å²) in [6, 6.07) is 8.55. The second-order valence-electron chi connectivity index (χ2n) is 4.07. The molecule has 3 nitrogen and oxygen atoms in total. The van der Waals surface area contributed by atoms with Crippen LogP contribution in [-0.2, 0) is 6.18 Å². The monoisotopic (exact) mass is 360 g/mol. The van der Waals surface area contributed by atoms with E-state index < -0.39 is 17.7 Å². The molecule has 2 aromatic rings. The zero-order valence-corrected chi connectivity index (χ0v) is 11.9. The van der Waals surface area contributed by atoms with Crippen molar-refractivity contribution in [1.29, 1.82) is 0 Å². The lowest BCUT2D eigenvalue weighted by Gasteiger charge is -2.11. The molecule has 2 aromatic carbocycles. The molecular weight excluding hydrogens is 353 g/mol. The minimum absolute atomic E-state index is 0.0915. The smallest absolute Gasteiger partial charge is 0.416 e. The van der Waals surface area contributed by atoms with Gasteiger partial charge in [-0.1, -0.05) is 0 Å². The Kier molecular flexibility index (Phi) is 4.22. The van der Waals surface area contributed by atoms with Gasteiger partial charge in [-0.3, -0.25) is 0 Å². The van der Waals surface area contributed by atoms with E-state index in [1.807, 2.05) is 0 Å². The van der Waals surface area contributed by atoms with Gasteiger partial charge in [0.15, 0.2) is 0 Å². The summed E-state index contributed by atoms with van der Waals surface area (Å²) < 4.78 is 43.1. The van der Waals surface area contributed by atoms with Crippen LogP contribution in [0.3, 0.4) is 0 Å². The van der Waals surface area contributed by atoms with E-state index in [0.717, 1.165) is 12.1 Å². The molecule has 0 spiro atoms. The van der Waals surface area contributed by atoms with E-state index in [2.05, 4.69) is 15.9 Å². The van der Waals surface area contributed by atoms with Crippen molar-refractivity contribution in [3.63, 3.8) is 0 Å². The first-order valence-corrected chi connectivity index (χ1v) is 6.44. The number of carbonyl (C=O) groups is 1. The van der Waals surface area contributed by atoms with Crippen LogP contribution in [0.5, 0.6) is 11.5 Å². The molecule has 7 heteroatoms. The van der Waals surface area contributed by atoms with Gasteiger partial charge in [0.05, 0.1) is 15.6 Å². The number of hydrogen-bond donors (Lipinski definition) is 1. The summed E-state index contributed by atoms with van der Waals surface area (Å²) in [5, 5.41) is 8.76. The number of benzene rings is 2. The van der Waals surface area contributed by atoms with Crippen LogP contribution >= 0.6 is 15.9 Å². The van der Waals surface area contributed by atoms with Crippen LogP contribution in [-0.4, -0.2) is 11.1 Å². The van der Waals surface area contributed by atoms with E-state index in [4.69, 9.17) is 9.84 Å². The molecule has 110 valence electrons. The molecule has 0 bridgehead atoms. The van der Waals surface area contributed by atoms with Gasteiger partial charge in [0.2, 0.25) is 0 Å². The summed E-state index contributed by atoms with van der Waals surface area (Å²) in [5.74, 6) is -0.552. The van der Waals surface area contributed by atoms with Crippen LogP contribution in [0, 0.1) is 0 Å². The lowest BCUT2D eigenvalue weighted by Crippen LogP contribution is -2.04. The van der Waals surface area contributed by atoms with Gasteiger partial charge < -0.3 is 9.84 Å². The minimum atomic E-state index is -4.43. The van der Waals surface area contributed by atoms with E-state index in [9.17, 15) is 18.0 Å². The second-order valence-corrected chi connectivity index (χ2v) is 4.93. The maximum Gasteiger partial charge on any atom is 0.416 e. The first kappa shape index (κ1) is 15.4. The SMILES string of the molecule is O=C(O)c1ccc(Oc2ccc(C(F)(F)F)cc2Br)cc1. The highest BCUT2D eigenvalue weighted by molar-refractivity contribution is 9.10. The Bertz CT molecular complexity index is 666. The molecule has 0 unspecified atom stereocenters. The van der Waals surface area contributed by atoms with Crippen LogP contribution in [0.1, 0.15) is 15.9 Å². The Morgan fingerprint density at radius 2 is 1.71 bits per heavy atom. The van der Waals surface area contributed by atoms with E-state index >= 15 is 0 Å². The first-order valence-electron chi connectivity index (χ1n) is 5.65. The number of rotatable bonds is 3. The van der Waals surface area contributed by atoms with Crippen molar-refractivity contribution in [3.8, 4) is 11.5 Å². The van der Waals surface area contributed by atoms with Crippen molar-refractivity contribution in [3.05, 3.63) is 58.1 Å². The van der Waals surface area contributed by atoms with Crippen molar-refractivity contribution in [2.75, 3.05) is 0 Å². The average molecular weight is 361 g/mol. The van der Waals surface area contributed by atoms with Crippen LogP contribution in [0.2, 0.25) is 0 Å². The first-order chi connectivity index (χ1) is 9.77. The van der Waals surface area contributed by atoms with E-state index in [-0.39, 0.29) is 15.8 Å². The fourth-order valence-corrected chi connectivity index (χ4v) is 2.01. The highest BCUT2D eigenvalue weighted by atomic mass is 79.9. The Balaban J connectivity index is 2.22. The van der Waals surface area contributed by atoms with Crippen LogP contribution in [0.15, 0.2) is 46.9 Å². The molecule has 0 heterocycles. The third-order valence-electron chi connectivity index (χ3n) is 2.59. The molecule has 0 aromatic heterocycles. The molecule has 0 aliphatic carbocycles. The highest BCUT2D eigenvalue weighted by Crippen LogP contribution is 2.36. The third-order valence-corrected chi connectivity index (χ3v) is 3.21. The van der Waals surface area contributed by atoms with Gasteiger partial charge in [-0.05, 0) is 58.4 Å². The Morgan fingerprint density at radius 3 is 2.19 bits per heavy atom. The maximum atomic E-state index is 12.5. The third kappa shape index (κ3) is 3.75. The molecule has 0 aliphatic heterocycles. The second kappa shape index (κ2) is 5.77. The molecule has 2 rings (SSSR count). The normalized spacial score (nSPS) is 11.2. The number of ether oxygens (including phenoxy) is 1. The minimum Gasteiger partial charge on any atom is -0.478 e. The van der Waals surface area contributed by atoms with Crippen LogP contribution in [0.25, 0.3) is 0 Å².